The number of hydrogen-bond donors (Lipinski definition) is 0. The van der Waals surface area contributed by atoms with Gasteiger partial charge in [0.05, 0.1) is 0 Å². The normalized spacial score (nSPS) is 11.9. The maximum Gasteiger partial charge on any atom is 0.00886 e. The maximum atomic E-state index is 3.90. The van der Waals surface area contributed by atoms with Crippen LogP contribution in [0.2, 0.25) is 0 Å². The molecule has 0 aromatic carbocycles. The monoisotopic (exact) mass is 276 g/mol. The van der Waals surface area contributed by atoms with Crippen molar-refractivity contribution in [2.45, 2.75) is 96.8 Å². The molecular weight excluding hydrogens is 240 g/mol. The third kappa shape index (κ3) is 15.6. The topological polar surface area (TPSA) is 0 Å². The van der Waals surface area contributed by atoms with E-state index in [4.69, 9.17) is 0 Å². The van der Waals surface area contributed by atoms with Gasteiger partial charge in [-0.2, -0.15) is 0 Å². The van der Waals surface area contributed by atoms with E-state index in [1.807, 2.05) is 0 Å². The largest absolute Gasteiger partial charge is 0.103 e. The first-order valence-corrected chi connectivity index (χ1v) is 8.85. The molecule has 0 aromatic heterocycles. The molecule has 0 aliphatic heterocycles. The van der Waals surface area contributed by atoms with Crippen molar-refractivity contribution in [3.05, 3.63) is 13.8 Å². The van der Waals surface area contributed by atoms with Gasteiger partial charge in [0.2, 0.25) is 0 Å². The zero-order valence-corrected chi connectivity index (χ0v) is 13.9. The molecule has 0 saturated heterocycles. The lowest BCUT2D eigenvalue weighted by Crippen LogP contribution is -1.94. The van der Waals surface area contributed by atoms with Crippen molar-refractivity contribution in [3.63, 3.8) is 0 Å². The highest BCUT2D eigenvalue weighted by atomic mass is 14.1. The van der Waals surface area contributed by atoms with Gasteiger partial charge in [0.1, 0.15) is 0 Å². The first kappa shape index (κ1) is 19.6. The standard InChI is InChI=1S/C20H36/c1-4-6-8-9-10-11-12-13-14-15-17-19-20(3)18-16-7-5-2/h20H,1-2,4-11,14-19H2,3H3. The van der Waals surface area contributed by atoms with E-state index in [0.29, 0.717) is 0 Å². The zero-order valence-electron chi connectivity index (χ0n) is 13.9. The van der Waals surface area contributed by atoms with Crippen molar-refractivity contribution < 1.29 is 0 Å². The molecule has 0 saturated carbocycles. The third-order valence-corrected chi connectivity index (χ3v) is 3.87. The van der Waals surface area contributed by atoms with Crippen molar-refractivity contribution >= 4 is 0 Å². The Morgan fingerprint density at radius 2 is 1.10 bits per heavy atom. The Hall–Kier alpha value is -0.440. The van der Waals surface area contributed by atoms with Crippen LogP contribution in [0, 0.1) is 31.6 Å². The van der Waals surface area contributed by atoms with Crippen LogP contribution < -0.4 is 0 Å². The van der Waals surface area contributed by atoms with Gasteiger partial charge in [0, 0.05) is 12.8 Å². The molecule has 0 amide bonds. The van der Waals surface area contributed by atoms with Crippen LogP contribution in [0.5, 0.6) is 0 Å². The lowest BCUT2D eigenvalue weighted by molar-refractivity contribution is 0.447. The van der Waals surface area contributed by atoms with E-state index >= 15 is 0 Å². The van der Waals surface area contributed by atoms with Gasteiger partial charge in [0.15, 0.2) is 0 Å². The second kappa shape index (κ2) is 16.6. The van der Waals surface area contributed by atoms with E-state index < -0.39 is 0 Å². The van der Waals surface area contributed by atoms with Gasteiger partial charge in [-0.3, -0.25) is 0 Å². The first-order chi connectivity index (χ1) is 9.81. The molecule has 0 aliphatic carbocycles. The Morgan fingerprint density at radius 1 is 0.650 bits per heavy atom. The van der Waals surface area contributed by atoms with Crippen LogP contribution in [-0.4, -0.2) is 0 Å². The average Bonchev–Trinajstić information content (AvgIpc) is 2.45. The molecule has 116 valence electrons. The van der Waals surface area contributed by atoms with E-state index in [2.05, 4.69) is 32.6 Å². The zero-order chi connectivity index (χ0) is 14.9. The van der Waals surface area contributed by atoms with E-state index in [-0.39, 0.29) is 0 Å². The summed E-state index contributed by atoms with van der Waals surface area (Å²) >= 11 is 0. The van der Waals surface area contributed by atoms with Gasteiger partial charge < -0.3 is 0 Å². The summed E-state index contributed by atoms with van der Waals surface area (Å²) in [5.41, 5.74) is 0. The van der Waals surface area contributed by atoms with E-state index in [9.17, 15) is 0 Å². The highest BCUT2D eigenvalue weighted by Crippen LogP contribution is 2.16. The van der Waals surface area contributed by atoms with E-state index in [0.717, 1.165) is 31.6 Å². The Kier molecular flexibility index (Phi) is 16.2. The van der Waals surface area contributed by atoms with Gasteiger partial charge in [-0.15, -0.1) is 11.8 Å². The van der Waals surface area contributed by atoms with Crippen molar-refractivity contribution in [3.8, 4) is 11.8 Å². The third-order valence-electron chi connectivity index (χ3n) is 3.87. The molecule has 1 atom stereocenters. The summed E-state index contributed by atoms with van der Waals surface area (Å²) in [6.07, 6.45) is 17.6. The Labute approximate surface area is 129 Å². The highest BCUT2D eigenvalue weighted by molar-refractivity contribution is 4.98. The Bertz CT molecular complexity index is 230. The fraction of sp³-hybridized carbons (Fsp3) is 0.800. The van der Waals surface area contributed by atoms with Gasteiger partial charge in [0.25, 0.3) is 0 Å². The molecule has 20 heavy (non-hydrogen) atoms. The minimum Gasteiger partial charge on any atom is -0.103 e. The molecular formula is C20H36. The summed E-state index contributed by atoms with van der Waals surface area (Å²) in [6.45, 7) is 10.1. The summed E-state index contributed by atoms with van der Waals surface area (Å²) in [6, 6.07) is 0. The molecule has 0 heteroatoms. The van der Waals surface area contributed by atoms with Crippen LogP contribution in [0.3, 0.4) is 0 Å². The minimum absolute atomic E-state index is 0.891. The molecule has 0 heterocycles. The van der Waals surface area contributed by atoms with Crippen molar-refractivity contribution in [2.75, 3.05) is 0 Å². The summed E-state index contributed by atoms with van der Waals surface area (Å²) in [4.78, 5) is 0. The molecule has 2 radical (unpaired) electrons. The molecule has 0 bridgehead atoms. The minimum atomic E-state index is 0.891. The quantitative estimate of drug-likeness (QED) is 0.257. The van der Waals surface area contributed by atoms with Crippen LogP contribution in [0.4, 0.5) is 0 Å². The molecule has 0 N–H and O–H groups in total. The fourth-order valence-electron chi connectivity index (χ4n) is 2.44. The van der Waals surface area contributed by atoms with Crippen LogP contribution in [0.25, 0.3) is 0 Å². The fourth-order valence-corrected chi connectivity index (χ4v) is 2.44. The Balaban J connectivity index is 3.22. The molecule has 0 spiro atoms. The smallest absolute Gasteiger partial charge is 0.00886 e. The first-order valence-electron chi connectivity index (χ1n) is 8.85. The second-order valence-electron chi connectivity index (χ2n) is 6.07. The Morgan fingerprint density at radius 3 is 1.70 bits per heavy atom. The predicted octanol–water partition coefficient (Wildman–Crippen LogP) is 6.76. The molecule has 0 aromatic rings. The summed E-state index contributed by atoms with van der Waals surface area (Å²) in [5, 5.41) is 0. The predicted molar refractivity (Wildman–Crippen MR) is 92.3 cm³/mol. The summed E-state index contributed by atoms with van der Waals surface area (Å²) < 4.78 is 0. The van der Waals surface area contributed by atoms with Crippen LogP contribution in [0.15, 0.2) is 0 Å². The van der Waals surface area contributed by atoms with Crippen LogP contribution >= 0.6 is 0 Å². The van der Waals surface area contributed by atoms with Crippen molar-refractivity contribution in [1.29, 1.82) is 0 Å². The van der Waals surface area contributed by atoms with Gasteiger partial charge in [-0.05, 0) is 18.8 Å². The molecule has 0 fully saturated rings. The number of rotatable bonds is 13. The number of unbranched alkanes of at least 4 members (excludes halogenated alkanes) is 9. The molecule has 0 aliphatic rings. The van der Waals surface area contributed by atoms with Crippen molar-refractivity contribution in [2.24, 2.45) is 5.92 Å². The van der Waals surface area contributed by atoms with Crippen LogP contribution in [-0.2, 0) is 0 Å². The average molecular weight is 277 g/mol. The maximum absolute atomic E-state index is 3.90. The van der Waals surface area contributed by atoms with Gasteiger partial charge in [-0.25, -0.2) is 0 Å². The van der Waals surface area contributed by atoms with E-state index in [1.165, 1.54) is 64.2 Å². The highest BCUT2D eigenvalue weighted by Gasteiger charge is 2.00. The lowest BCUT2D eigenvalue weighted by Gasteiger charge is -2.09. The van der Waals surface area contributed by atoms with Gasteiger partial charge in [-0.1, -0.05) is 85.0 Å². The van der Waals surface area contributed by atoms with Gasteiger partial charge >= 0.3 is 0 Å². The SMILES string of the molecule is [CH2]CCCCCCC#CCCCCC(C)CCCC[CH2]. The molecule has 0 nitrogen and oxygen atoms in total. The van der Waals surface area contributed by atoms with Crippen LogP contribution in [0.1, 0.15) is 96.8 Å². The molecule has 0 rings (SSSR count). The number of hydrogen-bond acceptors (Lipinski definition) is 0. The lowest BCUT2D eigenvalue weighted by atomic mass is 9.97. The second-order valence-corrected chi connectivity index (χ2v) is 6.07. The van der Waals surface area contributed by atoms with Crippen molar-refractivity contribution in [1.82, 2.24) is 0 Å². The summed E-state index contributed by atoms with van der Waals surface area (Å²) in [7, 11) is 0. The van der Waals surface area contributed by atoms with E-state index in [1.54, 1.807) is 0 Å². The summed E-state index contributed by atoms with van der Waals surface area (Å²) in [5.74, 6) is 7.54. The molecule has 1 unspecified atom stereocenters.